The first kappa shape index (κ1) is 22.0. The van der Waals surface area contributed by atoms with Crippen LogP contribution in [0.3, 0.4) is 0 Å². The van der Waals surface area contributed by atoms with Crippen LogP contribution < -0.4 is 20.1 Å². The monoisotopic (exact) mass is 454 g/mol. The number of benzene rings is 2. The van der Waals surface area contributed by atoms with E-state index < -0.39 is 17.8 Å². The first-order valence-corrected chi connectivity index (χ1v) is 10.2. The number of nitrogens with one attached hydrogen (secondary N) is 3. The Hall–Kier alpha value is -4.21. The fourth-order valence-electron chi connectivity index (χ4n) is 3.62. The molecule has 2 aliphatic rings. The summed E-state index contributed by atoms with van der Waals surface area (Å²) in [6, 6.07) is 10.8. The molecular formula is C23H23FN4O5. The molecule has 9 nitrogen and oxygen atoms in total. The fourth-order valence-corrected chi connectivity index (χ4v) is 3.62. The Balaban J connectivity index is 1.80. The molecule has 0 spiro atoms. The third-order valence-electron chi connectivity index (χ3n) is 5.08. The van der Waals surface area contributed by atoms with E-state index in [9.17, 15) is 14.0 Å². The average molecular weight is 454 g/mol. The molecule has 33 heavy (non-hydrogen) atoms. The summed E-state index contributed by atoms with van der Waals surface area (Å²) in [4.78, 5) is 24.6. The van der Waals surface area contributed by atoms with Crippen LogP contribution in [0.4, 0.5) is 20.7 Å². The average Bonchev–Trinajstić information content (AvgIpc) is 3.33. The number of carbonyl (C=O) groups is 2. The quantitative estimate of drug-likeness (QED) is 0.363. The number of rotatable bonds is 7. The Bertz CT molecular complexity index is 1300. The molecule has 4 rings (SSSR count). The minimum Gasteiger partial charge on any atom is -0.493 e. The normalized spacial score (nSPS) is 10.9. The largest absolute Gasteiger partial charge is 0.493 e. The van der Waals surface area contributed by atoms with Gasteiger partial charge >= 0.3 is 12.0 Å². The summed E-state index contributed by atoms with van der Waals surface area (Å²) in [6.45, 7) is 1.59. The van der Waals surface area contributed by atoms with Crippen molar-refractivity contribution in [3.63, 3.8) is 0 Å². The molecule has 0 radical (unpaired) electrons. The van der Waals surface area contributed by atoms with E-state index in [4.69, 9.17) is 14.2 Å². The molecule has 0 unspecified atom stereocenters. The van der Waals surface area contributed by atoms with Crippen LogP contribution in [0.5, 0.6) is 11.5 Å². The lowest BCUT2D eigenvalue weighted by molar-refractivity contribution is -0.141. The molecule has 0 aromatic heterocycles. The molecule has 0 atom stereocenters. The molecule has 172 valence electrons. The van der Waals surface area contributed by atoms with Gasteiger partial charge in [-0.1, -0.05) is 6.07 Å². The van der Waals surface area contributed by atoms with Gasteiger partial charge in [0, 0.05) is 16.6 Å². The van der Waals surface area contributed by atoms with Crippen molar-refractivity contribution in [1.82, 2.24) is 15.1 Å². The number of fused-ring (bicyclic) bond motifs is 3. The second-order valence-corrected chi connectivity index (χ2v) is 7.12. The zero-order chi connectivity index (χ0) is 23.5. The molecule has 1 aliphatic carbocycles. The van der Waals surface area contributed by atoms with Crippen molar-refractivity contribution in [3.8, 4) is 22.8 Å². The molecule has 0 fully saturated rings. The molecule has 0 saturated heterocycles. The second-order valence-electron chi connectivity index (χ2n) is 7.12. The van der Waals surface area contributed by atoms with Gasteiger partial charge in [-0.2, -0.15) is 4.68 Å². The highest BCUT2D eigenvalue weighted by molar-refractivity contribution is 6.07. The Morgan fingerprint density at radius 2 is 1.85 bits per heavy atom. The first-order valence-electron chi connectivity index (χ1n) is 10.2. The predicted octanol–water partition coefficient (Wildman–Crippen LogP) is 4.09. The molecule has 0 bridgehead atoms. The van der Waals surface area contributed by atoms with Crippen LogP contribution >= 0.6 is 0 Å². The molecule has 2 aromatic carbocycles. The van der Waals surface area contributed by atoms with Crippen molar-refractivity contribution in [1.29, 1.82) is 0 Å². The second kappa shape index (κ2) is 9.11. The van der Waals surface area contributed by atoms with Gasteiger partial charge in [0.15, 0.2) is 11.5 Å². The maximum atomic E-state index is 13.8. The van der Waals surface area contributed by atoms with Crippen LogP contribution in [-0.4, -0.2) is 49.2 Å². The molecule has 2 aromatic rings. The third-order valence-corrected chi connectivity index (χ3v) is 5.08. The molecule has 1 heterocycles. The number of aromatic amines is 1. The number of carbonyl (C=O) groups excluding carboxylic acids is 2. The summed E-state index contributed by atoms with van der Waals surface area (Å²) >= 11 is 0. The number of amides is 1. The van der Waals surface area contributed by atoms with E-state index in [-0.39, 0.29) is 13.2 Å². The van der Waals surface area contributed by atoms with Crippen molar-refractivity contribution in [3.05, 3.63) is 48.3 Å². The lowest BCUT2D eigenvalue weighted by Crippen LogP contribution is -2.34. The van der Waals surface area contributed by atoms with Gasteiger partial charge in [0.05, 0.1) is 26.5 Å². The number of anilines is 2. The first-order chi connectivity index (χ1) is 15.9. The van der Waals surface area contributed by atoms with Crippen molar-refractivity contribution >= 4 is 34.3 Å². The number of methoxy groups -OCH3 is 2. The van der Waals surface area contributed by atoms with Gasteiger partial charge in [-0.05, 0) is 48.7 Å². The summed E-state index contributed by atoms with van der Waals surface area (Å²) in [5.41, 5.74) is 1.77. The van der Waals surface area contributed by atoms with Gasteiger partial charge in [0.25, 0.3) is 0 Å². The van der Waals surface area contributed by atoms with E-state index in [1.54, 1.807) is 39.3 Å². The topological polar surface area (TPSA) is 107 Å². The fraction of sp³-hybridized carbons (Fsp3) is 0.217. The highest BCUT2D eigenvalue weighted by Crippen LogP contribution is 2.43. The summed E-state index contributed by atoms with van der Waals surface area (Å²) in [5, 5.41) is 10.3. The van der Waals surface area contributed by atoms with Crippen molar-refractivity contribution in [2.75, 3.05) is 32.7 Å². The smallest absolute Gasteiger partial charge is 0.342 e. The van der Waals surface area contributed by atoms with E-state index in [2.05, 4.69) is 15.7 Å². The zero-order valence-electron chi connectivity index (χ0n) is 18.3. The maximum Gasteiger partial charge on any atom is 0.342 e. The van der Waals surface area contributed by atoms with Crippen molar-refractivity contribution in [2.45, 2.75) is 6.92 Å². The Labute approximate surface area is 188 Å². The van der Waals surface area contributed by atoms with Gasteiger partial charge in [0.2, 0.25) is 0 Å². The lowest BCUT2D eigenvalue weighted by Gasteiger charge is -2.11. The Kier molecular flexibility index (Phi) is 6.07. The van der Waals surface area contributed by atoms with Crippen LogP contribution in [0, 0.1) is 5.82 Å². The molecule has 3 N–H and O–H groups in total. The number of esters is 1. The highest BCUT2D eigenvalue weighted by Gasteiger charge is 2.25. The predicted molar refractivity (Wildman–Crippen MR) is 121 cm³/mol. The molecular weight excluding hydrogens is 431 g/mol. The van der Waals surface area contributed by atoms with Gasteiger partial charge < -0.3 is 24.8 Å². The van der Waals surface area contributed by atoms with Gasteiger partial charge in [-0.15, -0.1) is 0 Å². The van der Waals surface area contributed by atoms with Crippen LogP contribution in [0.2, 0.25) is 0 Å². The number of H-pyrrole nitrogens is 1. The van der Waals surface area contributed by atoms with Gasteiger partial charge in [0.1, 0.15) is 18.2 Å². The van der Waals surface area contributed by atoms with E-state index in [0.717, 1.165) is 10.8 Å². The number of hydrogen-bond acceptors (Lipinski definition) is 6. The number of ether oxygens (including phenoxy) is 3. The van der Waals surface area contributed by atoms with Crippen LogP contribution in [0.25, 0.3) is 22.0 Å². The van der Waals surface area contributed by atoms with Crippen LogP contribution in [0.15, 0.2) is 42.5 Å². The Morgan fingerprint density at radius 1 is 1.09 bits per heavy atom. The summed E-state index contributed by atoms with van der Waals surface area (Å²) in [5.74, 6) is 0.486. The standard InChI is InChI=1S/C23H23FN4O5/c1-4-33-20(29)12-25-23(30)28-22(26-15-7-5-6-14(24)10-15)17-8-13-9-18(31-2)19(32-3)11-16(13)21(17)27-28/h5-11,26-27H,4,12H2,1-3H3,(H,25,30). The summed E-state index contributed by atoms with van der Waals surface area (Å²) < 4.78 is 30.7. The minimum absolute atomic E-state index is 0.210. The third kappa shape index (κ3) is 4.27. The van der Waals surface area contributed by atoms with E-state index in [0.29, 0.717) is 34.3 Å². The van der Waals surface area contributed by atoms with E-state index in [1.165, 1.54) is 16.8 Å². The molecule has 0 saturated carbocycles. The van der Waals surface area contributed by atoms with E-state index >= 15 is 0 Å². The number of aromatic nitrogens is 2. The van der Waals surface area contributed by atoms with Gasteiger partial charge in [-0.25, -0.2) is 9.18 Å². The maximum absolute atomic E-state index is 13.8. The summed E-state index contributed by atoms with van der Waals surface area (Å²) in [7, 11) is 3.09. The van der Waals surface area contributed by atoms with E-state index in [1.807, 2.05) is 12.1 Å². The van der Waals surface area contributed by atoms with Crippen molar-refractivity contribution < 1.29 is 28.2 Å². The summed E-state index contributed by atoms with van der Waals surface area (Å²) in [6.07, 6.45) is 0. The zero-order valence-corrected chi connectivity index (χ0v) is 18.3. The molecule has 1 amide bonds. The minimum atomic E-state index is -0.591. The van der Waals surface area contributed by atoms with Crippen molar-refractivity contribution in [2.24, 2.45) is 0 Å². The number of hydrogen-bond donors (Lipinski definition) is 3. The number of halogens is 1. The Morgan fingerprint density at radius 3 is 2.55 bits per heavy atom. The molecule has 1 aliphatic heterocycles. The SMILES string of the molecule is CCOC(=O)CNC(=O)n1[nH]c2c3cc(OC)c(OC)cc3cc-2c1Nc1cccc(F)c1. The van der Waals surface area contributed by atoms with Crippen LogP contribution in [-0.2, 0) is 9.53 Å². The van der Waals surface area contributed by atoms with Gasteiger partial charge in [-0.3, -0.25) is 9.89 Å². The lowest BCUT2D eigenvalue weighted by atomic mass is 10.2. The van der Waals surface area contributed by atoms with Crippen LogP contribution in [0.1, 0.15) is 6.92 Å². The molecule has 10 heteroatoms. The number of nitrogens with zero attached hydrogens (tertiary/aromatic N) is 1. The highest BCUT2D eigenvalue weighted by atomic mass is 19.1.